The average molecular weight is 222 g/mol. The molecule has 5 heteroatoms. The van der Waals surface area contributed by atoms with E-state index in [0.717, 1.165) is 13.3 Å². The topological polar surface area (TPSA) is 26.3 Å². The van der Waals surface area contributed by atoms with Gasteiger partial charge in [-0.3, -0.25) is 4.79 Å². The molecule has 0 spiro atoms. The van der Waals surface area contributed by atoms with Crippen molar-refractivity contribution in [1.29, 1.82) is 0 Å². The molecule has 2 fully saturated rings. The van der Waals surface area contributed by atoms with E-state index in [4.69, 9.17) is 0 Å². The maximum Gasteiger partial charge on any atom is 0.428 e. The molecule has 2 unspecified atom stereocenters. The monoisotopic (exact) mass is 222 g/mol. The van der Waals surface area contributed by atoms with Gasteiger partial charge in [-0.05, 0) is 31.6 Å². The van der Waals surface area contributed by atoms with E-state index in [2.05, 4.69) is 4.74 Å². The third kappa shape index (κ3) is 1.52. The van der Waals surface area contributed by atoms with Crippen LogP contribution in [-0.4, -0.2) is 17.7 Å². The van der Waals surface area contributed by atoms with E-state index in [1.165, 1.54) is 0 Å². The lowest BCUT2D eigenvalue weighted by Crippen LogP contribution is -2.52. The van der Waals surface area contributed by atoms with Gasteiger partial charge in [0.2, 0.25) is 5.60 Å². The lowest BCUT2D eigenvalue weighted by atomic mass is 9.83. The smallest absolute Gasteiger partial charge is 0.428 e. The Labute approximate surface area is 85.8 Å². The minimum Gasteiger partial charge on any atom is -0.449 e. The number of alkyl halides is 3. The number of halogens is 3. The van der Waals surface area contributed by atoms with Crippen molar-refractivity contribution in [3.05, 3.63) is 0 Å². The maximum atomic E-state index is 13.0. The van der Waals surface area contributed by atoms with Crippen LogP contribution in [0.5, 0.6) is 0 Å². The highest BCUT2D eigenvalue weighted by atomic mass is 19.4. The minimum absolute atomic E-state index is 0.0409. The van der Waals surface area contributed by atoms with Crippen molar-refractivity contribution in [2.24, 2.45) is 11.8 Å². The van der Waals surface area contributed by atoms with E-state index in [0.29, 0.717) is 12.8 Å². The Kier molecular flexibility index (Phi) is 2.24. The summed E-state index contributed by atoms with van der Waals surface area (Å²) in [6.45, 7) is 1.04. The van der Waals surface area contributed by atoms with Gasteiger partial charge < -0.3 is 4.74 Å². The molecule has 0 N–H and O–H groups in total. The van der Waals surface area contributed by atoms with E-state index in [1.807, 2.05) is 0 Å². The zero-order chi connectivity index (χ0) is 11.3. The first-order valence-corrected chi connectivity index (χ1v) is 5.11. The van der Waals surface area contributed by atoms with E-state index in [9.17, 15) is 18.0 Å². The van der Waals surface area contributed by atoms with Crippen LogP contribution in [0.3, 0.4) is 0 Å². The molecule has 0 amide bonds. The molecule has 0 aromatic heterocycles. The second kappa shape index (κ2) is 3.12. The molecule has 3 atom stereocenters. The zero-order valence-corrected chi connectivity index (χ0v) is 8.43. The highest BCUT2D eigenvalue weighted by Crippen LogP contribution is 2.58. The largest absolute Gasteiger partial charge is 0.449 e. The van der Waals surface area contributed by atoms with Crippen LogP contribution in [0, 0.1) is 11.8 Å². The molecule has 0 aliphatic heterocycles. The van der Waals surface area contributed by atoms with Crippen molar-refractivity contribution in [3.8, 4) is 0 Å². The van der Waals surface area contributed by atoms with Crippen molar-refractivity contribution in [1.82, 2.24) is 0 Å². The molecule has 2 saturated carbocycles. The molecule has 0 heterocycles. The lowest BCUT2D eigenvalue weighted by Gasteiger charge is -2.38. The van der Waals surface area contributed by atoms with Gasteiger partial charge >= 0.3 is 12.1 Å². The first-order chi connectivity index (χ1) is 6.85. The molecule has 0 radical (unpaired) electrons. The standard InChI is InChI=1S/C10H13F3O2/c1-6(14)15-9(10(11,12)13)5-7-2-3-8(9)4-7/h7-8H,2-5H2,1H3/t7-,8?,9?/m0/s1. The summed E-state index contributed by atoms with van der Waals surface area (Å²) < 4.78 is 43.5. The molecule has 0 aromatic carbocycles. The molecule has 2 aliphatic rings. The summed E-state index contributed by atoms with van der Waals surface area (Å²) in [5, 5.41) is 0. The number of carbonyl (C=O) groups is 1. The summed E-state index contributed by atoms with van der Waals surface area (Å²) in [5.74, 6) is -1.28. The normalized spacial score (nSPS) is 39.5. The number of fused-ring (bicyclic) bond motifs is 2. The zero-order valence-electron chi connectivity index (χ0n) is 8.43. The lowest BCUT2D eigenvalue weighted by molar-refractivity contribution is -0.284. The number of carbonyl (C=O) groups excluding carboxylic acids is 1. The Morgan fingerprint density at radius 1 is 1.40 bits per heavy atom. The highest BCUT2D eigenvalue weighted by Gasteiger charge is 2.68. The average Bonchev–Trinajstić information content (AvgIpc) is 2.60. The van der Waals surface area contributed by atoms with Gasteiger partial charge in [0.25, 0.3) is 0 Å². The van der Waals surface area contributed by atoms with Crippen LogP contribution < -0.4 is 0 Å². The van der Waals surface area contributed by atoms with Crippen LogP contribution in [0.25, 0.3) is 0 Å². The number of rotatable bonds is 1. The molecule has 2 rings (SSSR count). The molecule has 0 aromatic rings. The van der Waals surface area contributed by atoms with Crippen LogP contribution in [-0.2, 0) is 9.53 Å². The minimum atomic E-state index is -4.43. The number of hydrogen-bond donors (Lipinski definition) is 0. The van der Waals surface area contributed by atoms with Gasteiger partial charge in [0.1, 0.15) is 0 Å². The SMILES string of the molecule is CC(=O)OC1(C(F)(F)F)C[C@H]2CCC1C2. The highest BCUT2D eigenvalue weighted by molar-refractivity contribution is 5.66. The van der Waals surface area contributed by atoms with Crippen molar-refractivity contribution in [2.45, 2.75) is 44.4 Å². The Morgan fingerprint density at radius 2 is 2.07 bits per heavy atom. The Bertz CT molecular complexity index is 287. The van der Waals surface area contributed by atoms with Gasteiger partial charge in [-0.2, -0.15) is 13.2 Å². The van der Waals surface area contributed by atoms with E-state index < -0.39 is 23.7 Å². The molecule has 0 saturated heterocycles. The van der Waals surface area contributed by atoms with Crippen LogP contribution in [0.4, 0.5) is 13.2 Å². The van der Waals surface area contributed by atoms with Gasteiger partial charge in [-0.1, -0.05) is 0 Å². The predicted octanol–water partition coefficient (Wildman–Crippen LogP) is 2.67. The Hall–Kier alpha value is -0.740. The molecular formula is C10H13F3O2. The first kappa shape index (κ1) is 10.8. The van der Waals surface area contributed by atoms with Gasteiger partial charge in [0.05, 0.1) is 0 Å². The molecule has 2 aliphatic carbocycles. The molecule has 15 heavy (non-hydrogen) atoms. The van der Waals surface area contributed by atoms with Gasteiger partial charge in [-0.15, -0.1) is 0 Å². The van der Waals surface area contributed by atoms with E-state index >= 15 is 0 Å². The third-order valence-corrected chi connectivity index (χ3v) is 3.60. The maximum absolute atomic E-state index is 13.0. The van der Waals surface area contributed by atoms with Crippen LogP contribution >= 0.6 is 0 Å². The van der Waals surface area contributed by atoms with Gasteiger partial charge in [0.15, 0.2) is 0 Å². The third-order valence-electron chi connectivity index (χ3n) is 3.60. The van der Waals surface area contributed by atoms with Crippen molar-refractivity contribution < 1.29 is 22.7 Å². The van der Waals surface area contributed by atoms with Crippen molar-refractivity contribution >= 4 is 5.97 Å². The van der Waals surface area contributed by atoms with Crippen molar-refractivity contribution in [2.75, 3.05) is 0 Å². The summed E-state index contributed by atoms with van der Waals surface area (Å²) in [7, 11) is 0. The summed E-state index contributed by atoms with van der Waals surface area (Å²) in [4.78, 5) is 10.8. The Morgan fingerprint density at radius 3 is 2.40 bits per heavy atom. The second-order valence-electron chi connectivity index (χ2n) is 4.56. The van der Waals surface area contributed by atoms with E-state index in [1.54, 1.807) is 0 Å². The van der Waals surface area contributed by atoms with Gasteiger partial charge in [-0.25, -0.2) is 0 Å². The fraction of sp³-hybridized carbons (Fsp3) is 0.900. The summed E-state index contributed by atoms with van der Waals surface area (Å²) in [5.41, 5.74) is -2.18. The van der Waals surface area contributed by atoms with Crippen molar-refractivity contribution in [3.63, 3.8) is 0 Å². The Balaban J connectivity index is 2.28. The second-order valence-corrected chi connectivity index (χ2v) is 4.56. The van der Waals surface area contributed by atoms with E-state index in [-0.39, 0.29) is 12.3 Å². The molecule has 86 valence electrons. The fourth-order valence-corrected chi connectivity index (χ4v) is 3.07. The molecule has 2 nitrogen and oxygen atoms in total. The quantitative estimate of drug-likeness (QED) is 0.637. The summed E-state index contributed by atoms with van der Waals surface area (Å²) >= 11 is 0. The number of ether oxygens (including phenoxy) is 1. The fourth-order valence-electron chi connectivity index (χ4n) is 3.07. The van der Waals surface area contributed by atoms with Crippen LogP contribution in [0.1, 0.15) is 32.6 Å². The van der Waals surface area contributed by atoms with Crippen LogP contribution in [0.2, 0.25) is 0 Å². The van der Waals surface area contributed by atoms with Crippen LogP contribution in [0.15, 0.2) is 0 Å². The first-order valence-electron chi connectivity index (χ1n) is 5.11. The predicted molar refractivity (Wildman–Crippen MR) is 46.0 cm³/mol. The molecular weight excluding hydrogens is 209 g/mol. The number of hydrogen-bond acceptors (Lipinski definition) is 2. The summed E-state index contributed by atoms with van der Waals surface area (Å²) in [6, 6.07) is 0. The summed E-state index contributed by atoms with van der Waals surface area (Å²) in [6.07, 6.45) is -2.56. The molecule has 2 bridgehead atoms. The number of esters is 1. The van der Waals surface area contributed by atoms with Gasteiger partial charge in [0, 0.05) is 12.8 Å².